The fraction of sp³-hybridized carbons (Fsp3) is 1.00. The van der Waals surface area contributed by atoms with Crippen molar-refractivity contribution >= 4 is 0 Å². The molecule has 2 fully saturated rings. The highest BCUT2D eigenvalue weighted by atomic mass is 14.8. The number of rotatable bonds is 2. The highest BCUT2D eigenvalue weighted by molar-refractivity contribution is 4.96. The largest absolute Gasteiger partial charge is 0.325 e. The smallest absolute Gasteiger partial charge is 0.0183 e. The maximum atomic E-state index is 6.90. The van der Waals surface area contributed by atoms with Gasteiger partial charge in [-0.2, -0.15) is 0 Å². The van der Waals surface area contributed by atoms with Crippen molar-refractivity contribution in [2.45, 2.75) is 84.6 Å². The van der Waals surface area contributed by atoms with Crippen molar-refractivity contribution in [2.24, 2.45) is 35.3 Å². The van der Waals surface area contributed by atoms with Crippen LogP contribution in [0.1, 0.15) is 79.1 Å². The number of hydrogen-bond donors (Lipinski definition) is 1. The van der Waals surface area contributed by atoms with Crippen molar-refractivity contribution in [1.29, 1.82) is 0 Å². The molecule has 0 aromatic rings. The minimum Gasteiger partial charge on any atom is -0.325 e. The Morgan fingerprint density at radius 3 is 2.32 bits per heavy atom. The van der Waals surface area contributed by atoms with Crippen LogP contribution >= 0.6 is 0 Å². The quantitative estimate of drug-likeness (QED) is 0.699. The van der Waals surface area contributed by atoms with Crippen LogP contribution in [0.4, 0.5) is 0 Å². The second kappa shape index (κ2) is 6.16. The topological polar surface area (TPSA) is 26.0 Å². The molecule has 0 saturated heterocycles. The van der Waals surface area contributed by atoms with Gasteiger partial charge in [0.25, 0.3) is 0 Å². The molecule has 2 aliphatic carbocycles. The van der Waals surface area contributed by atoms with Crippen LogP contribution in [-0.4, -0.2) is 5.54 Å². The average Bonchev–Trinajstić information content (AvgIpc) is 2.56. The van der Waals surface area contributed by atoms with Gasteiger partial charge in [0.15, 0.2) is 0 Å². The fourth-order valence-electron chi connectivity index (χ4n) is 4.56. The molecule has 0 amide bonds. The van der Waals surface area contributed by atoms with Gasteiger partial charge in [-0.05, 0) is 61.7 Å². The third-order valence-corrected chi connectivity index (χ3v) is 6.55. The van der Waals surface area contributed by atoms with E-state index in [9.17, 15) is 0 Å². The van der Waals surface area contributed by atoms with Gasteiger partial charge in [0.05, 0.1) is 0 Å². The molecule has 0 aromatic carbocycles. The highest BCUT2D eigenvalue weighted by Gasteiger charge is 2.40. The lowest BCUT2D eigenvalue weighted by Gasteiger charge is -2.43. The normalized spacial score (nSPS) is 45.2. The number of nitrogens with two attached hydrogens (primary N) is 1. The minimum absolute atomic E-state index is 0.165. The van der Waals surface area contributed by atoms with Crippen molar-refractivity contribution in [2.75, 3.05) is 0 Å². The van der Waals surface area contributed by atoms with E-state index in [1.807, 2.05) is 0 Å². The van der Waals surface area contributed by atoms with Crippen molar-refractivity contribution < 1.29 is 0 Å². The van der Waals surface area contributed by atoms with Gasteiger partial charge in [-0.15, -0.1) is 0 Å². The van der Waals surface area contributed by atoms with Crippen LogP contribution in [0.5, 0.6) is 0 Å². The SMILES string of the molecule is CC(C)C1CCCC(N)(C2CCC(C)C(C)C2)CC1. The molecule has 2 N–H and O–H groups in total. The zero-order chi connectivity index (χ0) is 14.0. The van der Waals surface area contributed by atoms with Crippen molar-refractivity contribution in [3.8, 4) is 0 Å². The minimum atomic E-state index is 0.165. The van der Waals surface area contributed by atoms with E-state index in [1.54, 1.807) is 0 Å². The number of hydrogen-bond acceptors (Lipinski definition) is 1. The molecule has 2 saturated carbocycles. The third-order valence-electron chi connectivity index (χ3n) is 6.55. The molecule has 5 unspecified atom stereocenters. The molecular formula is C18H35N. The Morgan fingerprint density at radius 2 is 1.68 bits per heavy atom. The van der Waals surface area contributed by atoms with Crippen LogP contribution in [0, 0.1) is 29.6 Å². The van der Waals surface area contributed by atoms with Gasteiger partial charge >= 0.3 is 0 Å². The maximum Gasteiger partial charge on any atom is 0.0183 e. The third kappa shape index (κ3) is 3.54. The summed E-state index contributed by atoms with van der Waals surface area (Å²) in [5.74, 6) is 4.35. The standard InChI is InChI=1S/C18H35N/c1-13(2)16-6-5-10-18(19,11-9-16)17-8-7-14(3)15(4)12-17/h13-17H,5-12,19H2,1-4H3. The van der Waals surface area contributed by atoms with Gasteiger partial charge in [-0.25, -0.2) is 0 Å². The van der Waals surface area contributed by atoms with E-state index in [2.05, 4.69) is 27.7 Å². The Morgan fingerprint density at radius 1 is 0.947 bits per heavy atom. The summed E-state index contributed by atoms with van der Waals surface area (Å²) in [6.07, 6.45) is 10.9. The maximum absolute atomic E-state index is 6.90. The van der Waals surface area contributed by atoms with Crippen LogP contribution in [0.2, 0.25) is 0 Å². The van der Waals surface area contributed by atoms with E-state index in [0.29, 0.717) is 0 Å². The molecule has 0 bridgehead atoms. The van der Waals surface area contributed by atoms with Gasteiger partial charge in [0.1, 0.15) is 0 Å². The second-order valence-corrected chi connectivity index (χ2v) is 8.13. The van der Waals surface area contributed by atoms with Gasteiger partial charge < -0.3 is 5.73 Å². The van der Waals surface area contributed by atoms with Crippen molar-refractivity contribution in [3.05, 3.63) is 0 Å². The molecule has 1 heteroatoms. The van der Waals surface area contributed by atoms with Crippen LogP contribution in [0.3, 0.4) is 0 Å². The van der Waals surface area contributed by atoms with Gasteiger partial charge in [-0.1, -0.05) is 47.0 Å². The van der Waals surface area contributed by atoms with Gasteiger partial charge in [0, 0.05) is 5.54 Å². The van der Waals surface area contributed by atoms with Crippen LogP contribution in [0.15, 0.2) is 0 Å². The summed E-state index contributed by atoms with van der Waals surface area (Å²) in [6.45, 7) is 9.64. The molecule has 2 aliphatic rings. The Bertz CT molecular complexity index is 285. The molecular weight excluding hydrogens is 230 g/mol. The predicted molar refractivity (Wildman–Crippen MR) is 84.0 cm³/mol. The lowest BCUT2D eigenvalue weighted by molar-refractivity contribution is 0.120. The first-order chi connectivity index (χ1) is 8.92. The molecule has 0 spiro atoms. The van der Waals surface area contributed by atoms with E-state index in [1.165, 1.54) is 51.4 Å². The summed E-state index contributed by atoms with van der Waals surface area (Å²) in [5, 5.41) is 0. The molecule has 0 heterocycles. The second-order valence-electron chi connectivity index (χ2n) is 8.13. The van der Waals surface area contributed by atoms with Crippen molar-refractivity contribution in [3.63, 3.8) is 0 Å². The molecule has 2 rings (SSSR count). The summed E-state index contributed by atoms with van der Waals surface area (Å²) in [5.41, 5.74) is 7.07. The molecule has 0 aliphatic heterocycles. The summed E-state index contributed by atoms with van der Waals surface area (Å²) in [4.78, 5) is 0. The molecule has 1 nitrogen and oxygen atoms in total. The lowest BCUT2D eigenvalue weighted by Crippen LogP contribution is -2.49. The Hall–Kier alpha value is -0.0400. The highest BCUT2D eigenvalue weighted by Crippen LogP contribution is 2.44. The Labute approximate surface area is 120 Å². The first kappa shape index (κ1) is 15.4. The Balaban J connectivity index is 1.98. The van der Waals surface area contributed by atoms with Crippen LogP contribution < -0.4 is 5.73 Å². The summed E-state index contributed by atoms with van der Waals surface area (Å²) < 4.78 is 0. The van der Waals surface area contributed by atoms with E-state index in [4.69, 9.17) is 5.73 Å². The summed E-state index contributed by atoms with van der Waals surface area (Å²) in [7, 11) is 0. The first-order valence-electron chi connectivity index (χ1n) is 8.71. The lowest BCUT2D eigenvalue weighted by atomic mass is 9.66. The van der Waals surface area contributed by atoms with E-state index in [-0.39, 0.29) is 5.54 Å². The van der Waals surface area contributed by atoms with Crippen LogP contribution in [-0.2, 0) is 0 Å². The van der Waals surface area contributed by atoms with Crippen molar-refractivity contribution in [1.82, 2.24) is 0 Å². The summed E-state index contributed by atoms with van der Waals surface area (Å²) >= 11 is 0. The molecule has 0 radical (unpaired) electrons. The molecule has 0 aromatic heterocycles. The van der Waals surface area contributed by atoms with Crippen LogP contribution in [0.25, 0.3) is 0 Å². The zero-order valence-corrected chi connectivity index (χ0v) is 13.6. The Kier molecular flexibility index (Phi) is 4.98. The van der Waals surface area contributed by atoms with E-state index < -0.39 is 0 Å². The molecule has 19 heavy (non-hydrogen) atoms. The predicted octanol–water partition coefficient (Wildman–Crippen LogP) is 4.99. The van der Waals surface area contributed by atoms with Gasteiger partial charge in [0.2, 0.25) is 0 Å². The molecule has 5 atom stereocenters. The van der Waals surface area contributed by atoms with E-state index >= 15 is 0 Å². The summed E-state index contributed by atoms with van der Waals surface area (Å²) in [6, 6.07) is 0. The van der Waals surface area contributed by atoms with E-state index in [0.717, 1.165) is 29.6 Å². The van der Waals surface area contributed by atoms with Gasteiger partial charge in [-0.3, -0.25) is 0 Å². The average molecular weight is 265 g/mol. The first-order valence-corrected chi connectivity index (χ1v) is 8.71. The molecule has 112 valence electrons. The zero-order valence-electron chi connectivity index (χ0n) is 13.6. The fourth-order valence-corrected chi connectivity index (χ4v) is 4.56. The monoisotopic (exact) mass is 265 g/mol.